The highest BCUT2D eigenvalue weighted by Gasteiger charge is 2.28. The first kappa shape index (κ1) is 13.8. The van der Waals surface area contributed by atoms with E-state index in [4.69, 9.17) is 4.98 Å². The lowest BCUT2D eigenvalue weighted by molar-refractivity contribution is 0.696. The van der Waals surface area contributed by atoms with E-state index < -0.39 is 0 Å². The molecule has 21 heavy (non-hydrogen) atoms. The summed E-state index contributed by atoms with van der Waals surface area (Å²) in [6, 6.07) is 6.47. The fraction of sp³-hybridized carbons (Fsp3) is 0.438. The van der Waals surface area contributed by atoms with Gasteiger partial charge in [0.15, 0.2) is 0 Å². The zero-order valence-electron chi connectivity index (χ0n) is 12.8. The van der Waals surface area contributed by atoms with Gasteiger partial charge < -0.3 is 9.80 Å². The van der Waals surface area contributed by atoms with Crippen LogP contribution in [0.5, 0.6) is 0 Å². The maximum absolute atomic E-state index is 4.71. The van der Waals surface area contributed by atoms with Crippen LogP contribution in [-0.4, -0.2) is 35.6 Å². The lowest BCUT2D eigenvalue weighted by atomic mass is 10.1. The summed E-state index contributed by atoms with van der Waals surface area (Å²) in [5, 5.41) is 0. The van der Waals surface area contributed by atoms with Crippen LogP contribution < -0.4 is 9.80 Å². The Bertz CT molecular complexity index is 611. The van der Waals surface area contributed by atoms with Crippen LogP contribution in [0.4, 0.5) is 11.8 Å². The Morgan fingerprint density at radius 1 is 1.29 bits per heavy atom. The van der Waals surface area contributed by atoms with E-state index in [1.807, 2.05) is 50.4 Å². The molecule has 110 valence electrons. The first-order valence-electron chi connectivity index (χ1n) is 7.35. The standard InChI is InChI=1S/C16H21N5/c1-12-10-15(20(2)3)19-16(18-12)21-9-5-7-14(21)13-6-4-8-17-11-13/h4,6,8,10-11,14H,5,7,9H2,1-3H3/t14-/m1/s1. The minimum Gasteiger partial charge on any atom is -0.363 e. The van der Waals surface area contributed by atoms with Gasteiger partial charge >= 0.3 is 0 Å². The van der Waals surface area contributed by atoms with Crippen LogP contribution in [0.25, 0.3) is 0 Å². The zero-order chi connectivity index (χ0) is 14.8. The zero-order valence-corrected chi connectivity index (χ0v) is 12.8. The molecule has 1 aliphatic rings. The normalized spacial score (nSPS) is 18.0. The Morgan fingerprint density at radius 3 is 2.86 bits per heavy atom. The largest absolute Gasteiger partial charge is 0.363 e. The van der Waals surface area contributed by atoms with Crippen molar-refractivity contribution < 1.29 is 0 Å². The van der Waals surface area contributed by atoms with Crippen LogP contribution in [0.15, 0.2) is 30.6 Å². The number of rotatable bonds is 3. The fourth-order valence-corrected chi connectivity index (χ4v) is 2.82. The Kier molecular flexibility index (Phi) is 3.73. The molecule has 1 atom stereocenters. The smallest absolute Gasteiger partial charge is 0.228 e. The van der Waals surface area contributed by atoms with Gasteiger partial charge in [-0.05, 0) is 31.4 Å². The molecule has 0 aliphatic carbocycles. The van der Waals surface area contributed by atoms with Crippen molar-refractivity contribution in [2.24, 2.45) is 0 Å². The second-order valence-corrected chi connectivity index (χ2v) is 5.70. The van der Waals surface area contributed by atoms with Crippen LogP contribution in [0.2, 0.25) is 0 Å². The van der Waals surface area contributed by atoms with Crippen molar-refractivity contribution in [2.45, 2.75) is 25.8 Å². The van der Waals surface area contributed by atoms with Crippen molar-refractivity contribution in [2.75, 3.05) is 30.4 Å². The van der Waals surface area contributed by atoms with Crippen molar-refractivity contribution in [3.63, 3.8) is 0 Å². The molecule has 2 aromatic rings. The van der Waals surface area contributed by atoms with Gasteiger partial charge in [-0.15, -0.1) is 0 Å². The van der Waals surface area contributed by atoms with E-state index in [1.165, 1.54) is 5.56 Å². The van der Waals surface area contributed by atoms with Crippen molar-refractivity contribution in [1.29, 1.82) is 0 Å². The molecular weight excluding hydrogens is 262 g/mol. The van der Waals surface area contributed by atoms with Crippen molar-refractivity contribution in [3.8, 4) is 0 Å². The third-order valence-electron chi connectivity index (χ3n) is 3.87. The summed E-state index contributed by atoms with van der Waals surface area (Å²) < 4.78 is 0. The highest BCUT2D eigenvalue weighted by atomic mass is 15.3. The minimum absolute atomic E-state index is 0.329. The summed E-state index contributed by atoms with van der Waals surface area (Å²) >= 11 is 0. The van der Waals surface area contributed by atoms with Crippen LogP contribution in [0, 0.1) is 6.92 Å². The molecule has 1 fully saturated rings. The average molecular weight is 283 g/mol. The summed E-state index contributed by atoms with van der Waals surface area (Å²) in [6.07, 6.45) is 6.05. The predicted octanol–water partition coefficient (Wildman–Crippen LogP) is 2.59. The van der Waals surface area contributed by atoms with Crippen LogP contribution >= 0.6 is 0 Å². The van der Waals surface area contributed by atoms with Crippen LogP contribution in [0.3, 0.4) is 0 Å². The van der Waals surface area contributed by atoms with Gasteiger partial charge in [0.2, 0.25) is 5.95 Å². The molecule has 0 spiro atoms. The number of aryl methyl sites for hydroxylation is 1. The van der Waals surface area contributed by atoms with Gasteiger partial charge in [0.05, 0.1) is 6.04 Å². The molecule has 5 heteroatoms. The first-order valence-corrected chi connectivity index (χ1v) is 7.35. The molecule has 2 aromatic heterocycles. The Hall–Kier alpha value is -2.17. The molecule has 0 radical (unpaired) electrons. The lowest BCUT2D eigenvalue weighted by Crippen LogP contribution is -2.26. The monoisotopic (exact) mass is 283 g/mol. The highest BCUT2D eigenvalue weighted by Crippen LogP contribution is 2.34. The molecule has 1 saturated heterocycles. The van der Waals surface area contributed by atoms with Crippen molar-refractivity contribution in [1.82, 2.24) is 15.0 Å². The number of anilines is 2. The Morgan fingerprint density at radius 2 is 2.14 bits per heavy atom. The summed E-state index contributed by atoms with van der Waals surface area (Å²) in [4.78, 5) is 17.9. The molecule has 0 unspecified atom stereocenters. The molecule has 0 N–H and O–H groups in total. The molecule has 0 bridgehead atoms. The first-order chi connectivity index (χ1) is 10.1. The van der Waals surface area contributed by atoms with Gasteiger partial charge in [0, 0.05) is 44.8 Å². The SMILES string of the molecule is Cc1cc(N(C)C)nc(N2CCC[C@@H]2c2cccnc2)n1. The van der Waals surface area contributed by atoms with Crippen molar-refractivity contribution in [3.05, 3.63) is 41.9 Å². The third kappa shape index (κ3) is 2.82. The topological polar surface area (TPSA) is 45.2 Å². The molecule has 3 heterocycles. The quantitative estimate of drug-likeness (QED) is 0.866. The third-order valence-corrected chi connectivity index (χ3v) is 3.87. The van der Waals surface area contributed by atoms with E-state index in [2.05, 4.69) is 20.9 Å². The number of aromatic nitrogens is 3. The van der Waals surface area contributed by atoms with Gasteiger partial charge in [-0.1, -0.05) is 6.07 Å². The molecular formula is C16H21N5. The second kappa shape index (κ2) is 5.68. The highest BCUT2D eigenvalue weighted by molar-refractivity contribution is 5.47. The summed E-state index contributed by atoms with van der Waals surface area (Å²) in [5.74, 6) is 1.78. The molecule has 1 aliphatic heterocycles. The molecule has 3 rings (SSSR count). The maximum Gasteiger partial charge on any atom is 0.228 e. The van der Waals surface area contributed by atoms with Gasteiger partial charge in [-0.25, -0.2) is 4.98 Å². The van der Waals surface area contributed by atoms with Crippen molar-refractivity contribution >= 4 is 11.8 Å². The van der Waals surface area contributed by atoms with Gasteiger partial charge in [0.25, 0.3) is 0 Å². The average Bonchev–Trinajstić information content (AvgIpc) is 2.97. The van der Waals surface area contributed by atoms with Crippen LogP contribution in [0.1, 0.15) is 30.1 Å². The molecule has 5 nitrogen and oxygen atoms in total. The van der Waals surface area contributed by atoms with E-state index in [-0.39, 0.29) is 0 Å². The molecule has 0 saturated carbocycles. The number of hydrogen-bond acceptors (Lipinski definition) is 5. The lowest BCUT2D eigenvalue weighted by Gasteiger charge is -2.26. The summed E-state index contributed by atoms with van der Waals surface area (Å²) in [7, 11) is 4.02. The molecule has 0 amide bonds. The number of pyridine rings is 1. The predicted molar refractivity (Wildman–Crippen MR) is 84.7 cm³/mol. The van der Waals surface area contributed by atoms with Crippen LogP contribution in [-0.2, 0) is 0 Å². The number of nitrogens with zero attached hydrogens (tertiary/aromatic N) is 5. The van der Waals surface area contributed by atoms with Gasteiger partial charge in [-0.3, -0.25) is 4.98 Å². The van der Waals surface area contributed by atoms with E-state index in [9.17, 15) is 0 Å². The maximum atomic E-state index is 4.71. The van der Waals surface area contributed by atoms with Gasteiger partial charge in [-0.2, -0.15) is 4.98 Å². The fourth-order valence-electron chi connectivity index (χ4n) is 2.82. The van der Waals surface area contributed by atoms with Gasteiger partial charge in [0.1, 0.15) is 5.82 Å². The van der Waals surface area contributed by atoms with E-state index >= 15 is 0 Å². The van der Waals surface area contributed by atoms with E-state index in [0.717, 1.165) is 36.8 Å². The Labute approximate surface area is 125 Å². The van der Waals surface area contributed by atoms with E-state index in [1.54, 1.807) is 0 Å². The summed E-state index contributed by atoms with van der Waals surface area (Å²) in [5.41, 5.74) is 2.24. The minimum atomic E-state index is 0.329. The second-order valence-electron chi connectivity index (χ2n) is 5.70. The Balaban J connectivity index is 1.95. The van der Waals surface area contributed by atoms with E-state index in [0.29, 0.717) is 6.04 Å². The molecule has 0 aromatic carbocycles. The number of hydrogen-bond donors (Lipinski definition) is 0. The summed E-state index contributed by atoms with van der Waals surface area (Å²) in [6.45, 7) is 3.02.